The monoisotopic (exact) mass is 323 g/mol. The number of nitrogens with zero attached hydrogens (tertiary/aromatic N) is 4. The van der Waals surface area contributed by atoms with Crippen LogP contribution in [0.15, 0.2) is 5.16 Å². The number of carbonyl (C=O) groups excluding carboxylic acids is 1. The summed E-state index contributed by atoms with van der Waals surface area (Å²) in [5.74, 6) is 3.14. The third-order valence-corrected chi connectivity index (χ3v) is 4.40. The van der Waals surface area contributed by atoms with Crippen LogP contribution in [0, 0.1) is 12.3 Å². The Morgan fingerprint density at radius 2 is 2.23 bits per heavy atom. The van der Waals surface area contributed by atoms with Gasteiger partial charge >= 0.3 is 0 Å². The van der Waals surface area contributed by atoms with Crippen molar-refractivity contribution in [1.29, 1.82) is 0 Å². The molecule has 2 heterocycles. The number of hydrogen-bond donors (Lipinski definition) is 1. The number of thioether (sulfide) groups is 1. The second kappa shape index (κ2) is 8.06. The van der Waals surface area contributed by atoms with Crippen molar-refractivity contribution in [2.75, 3.05) is 37.7 Å². The molecule has 0 radical (unpaired) electrons. The molecule has 8 heteroatoms. The van der Waals surface area contributed by atoms with E-state index in [0.29, 0.717) is 13.2 Å². The zero-order valence-electron chi connectivity index (χ0n) is 12.9. The Balaban J connectivity index is 2.06. The fourth-order valence-electron chi connectivity index (χ4n) is 2.14. The molecule has 2 rings (SSSR count). The highest BCUT2D eigenvalue weighted by Crippen LogP contribution is 2.26. The Morgan fingerprint density at radius 3 is 2.86 bits per heavy atom. The molecule has 0 bridgehead atoms. The van der Waals surface area contributed by atoms with Gasteiger partial charge in [-0.05, 0) is 13.8 Å². The van der Waals surface area contributed by atoms with Gasteiger partial charge in [0.2, 0.25) is 11.9 Å². The average Bonchev–Trinajstić information content (AvgIpc) is 2.95. The quantitative estimate of drug-likeness (QED) is 0.602. The van der Waals surface area contributed by atoms with Crippen molar-refractivity contribution in [2.45, 2.75) is 30.8 Å². The minimum absolute atomic E-state index is 0.0958. The highest BCUT2D eigenvalue weighted by molar-refractivity contribution is 8.00. The first kappa shape index (κ1) is 16.6. The van der Waals surface area contributed by atoms with Crippen molar-refractivity contribution >= 4 is 23.6 Å². The van der Waals surface area contributed by atoms with E-state index in [2.05, 4.69) is 26.3 Å². The first-order valence-corrected chi connectivity index (χ1v) is 8.19. The highest BCUT2D eigenvalue weighted by atomic mass is 32.2. The standard InChI is InChI=1S/C14H21N5O2S/c1-4-6-15-12(20)11(3)22-14-17-16-13(19(14)5-2)18-7-9-21-10-8-18/h1,11H,5-10H2,2-3H3,(H,15,20). The molecule has 7 nitrogen and oxygen atoms in total. The topological polar surface area (TPSA) is 72.3 Å². The number of rotatable bonds is 6. The first-order chi connectivity index (χ1) is 10.7. The summed E-state index contributed by atoms with van der Waals surface area (Å²) in [6.07, 6.45) is 5.15. The Hall–Kier alpha value is -1.72. The van der Waals surface area contributed by atoms with Crippen LogP contribution in [0.25, 0.3) is 0 Å². The summed E-state index contributed by atoms with van der Waals surface area (Å²) >= 11 is 1.39. The number of anilines is 1. The van der Waals surface area contributed by atoms with Crippen LogP contribution < -0.4 is 10.2 Å². The molecular formula is C14H21N5O2S. The van der Waals surface area contributed by atoms with Gasteiger partial charge in [-0.2, -0.15) is 0 Å². The van der Waals surface area contributed by atoms with E-state index in [1.54, 1.807) is 0 Å². The second-order valence-electron chi connectivity index (χ2n) is 4.81. The van der Waals surface area contributed by atoms with E-state index >= 15 is 0 Å². The molecule has 1 N–H and O–H groups in total. The van der Waals surface area contributed by atoms with Crippen molar-refractivity contribution in [1.82, 2.24) is 20.1 Å². The Bertz CT molecular complexity index is 548. The van der Waals surface area contributed by atoms with Crippen LogP contribution in [0.5, 0.6) is 0 Å². The second-order valence-corrected chi connectivity index (χ2v) is 6.12. The van der Waals surface area contributed by atoms with E-state index in [9.17, 15) is 4.79 Å². The van der Waals surface area contributed by atoms with Gasteiger partial charge in [0, 0.05) is 19.6 Å². The summed E-state index contributed by atoms with van der Waals surface area (Å²) in [5, 5.41) is 11.7. The van der Waals surface area contributed by atoms with Gasteiger partial charge in [-0.25, -0.2) is 0 Å². The van der Waals surface area contributed by atoms with Gasteiger partial charge in [0.15, 0.2) is 5.16 Å². The number of morpholine rings is 1. The molecular weight excluding hydrogens is 302 g/mol. The summed E-state index contributed by atoms with van der Waals surface area (Å²) in [6, 6.07) is 0. The van der Waals surface area contributed by atoms with Crippen molar-refractivity contribution in [2.24, 2.45) is 0 Å². The van der Waals surface area contributed by atoms with Gasteiger partial charge < -0.3 is 15.0 Å². The van der Waals surface area contributed by atoms with Crippen molar-refractivity contribution in [3.05, 3.63) is 0 Å². The van der Waals surface area contributed by atoms with Crippen molar-refractivity contribution < 1.29 is 9.53 Å². The van der Waals surface area contributed by atoms with Crippen LogP contribution in [0.4, 0.5) is 5.95 Å². The first-order valence-electron chi connectivity index (χ1n) is 7.31. The lowest BCUT2D eigenvalue weighted by molar-refractivity contribution is -0.120. The summed E-state index contributed by atoms with van der Waals surface area (Å²) in [6.45, 7) is 7.87. The fraction of sp³-hybridized carbons (Fsp3) is 0.643. The zero-order valence-corrected chi connectivity index (χ0v) is 13.7. The molecule has 0 spiro atoms. The molecule has 1 amide bonds. The summed E-state index contributed by atoms with van der Waals surface area (Å²) in [7, 11) is 0. The number of carbonyl (C=O) groups is 1. The molecule has 1 aliphatic rings. The number of nitrogens with one attached hydrogen (secondary N) is 1. The minimum atomic E-state index is -0.277. The summed E-state index contributed by atoms with van der Waals surface area (Å²) in [5.41, 5.74) is 0. The maximum Gasteiger partial charge on any atom is 0.234 e. The molecule has 0 aromatic carbocycles. The lowest BCUT2D eigenvalue weighted by Gasteiger charge is -2.27. The van der Waals surface area contributed by atoms with E-state index in [-0.39, 0.29) is 17.7 Å². The number of ether oxygens (including phenoxy) is 1. The van der Waals surface area contributed by atoms with Crippen LogP contribution in [0.3, 0.4) is 0 Å². The van der Waals surface area contributed by atoms with Crippen LogP contribution in [-0.2, 0) is 16.1 Å². The molecule has 1 saturated heterocycles. The third-order valence-electron chi connectivity index (χ3n) is 3.32. The molecule has 120 valence electrons. The number of hydrogen-bond acceptors (Lipinski definition) is 6. The van der Waals surface area contributed by atoms with Gasteiger partial charge in [-0.3, -0.25) is 9.36 Å². The van der Waals surface area contributed by atoms with Crippen LogP contribution >= 0.6 is 11.8 Å². The lowest BCUT2D eigenvalue weighted by atomic mass is 10.4. The predicted molar refractivity (Wildman–Crippen MR) is 85.9 cm³/mol. The molecule has 22 heavy (non-hydrogen) atoms. The van der Waals surface area contributed by atoms with E-state index in [1.165, 1.54) is 11.8 Å². The maximum atomic E-state index is 11.9. The van der Waals surface area contributed by atoms with Crippen LogP contribution in [-0.4, -0.2) is 58.8 Å². The molecule has 1 aromatic heterocycles. The van der Waals surface area contributed by atoms with E-state index in [1.807, 2.05) is 18.4 Å². The Kier molecular flexibility index (Phi) is 6.10. The number of terminal acetylenes is 1. The largest absolute Gasteiger partial charge is 0.378 e. The minimum Gasteiger partial charge on any atom is -0.378 e. The molecule has 0 saturated carbocycles. The predicted octanol–water partition coefficient (Wildman–Crippen LogP) is 0.365. The Morgan fingerprint density at radius 1 is 1.50 bits per heavy atom. The molecule has 1 fully saturated rings. The molecule has 1 atom stereocenters. The lowest BCUT2D eigenvalue weighted by Crippen LogP contribution is -2.38. The van der Waals surface area contributed by atoms with Gasteiger partial charge in [-0.1, -0.05) is 17.7 Å². The van der Waals surface area contributed by atoms with Gasteiger partial charge in [-0.15, -0.1) is 16.6 Å². The zero-order chi connectivity index (χ0) is 15.9. The van der Waals surface area contributed by atoms with E-state index < -0.39 is 0 Å². The summed E-state index contributed by atoms with van der Waals surface area (Å²) in [4.78, 5) is 14.1. The molecule has 1 aliphatic heterocycles. The van der Waals surface area contributed by atoms with Gasteiger partial charge in [0.1, 0.15) is 0 Å². The maximum absolute atomic E-state index is 11.9. The van der Waals surface area contributed by atoms with Crippen LogP contribution in [0.1, 0.15) is 13.8 Å². The summed E-state index contributed by atoms with van der Waals surface area (Å²) < 4.78 is 7.39. The Labute approximate surface area is 134 Å². The fourth-order valence-corrected chi connectivity index (χ4v) is 3.07. The van der Waals surface area contributed by atoms with Crippen LogP contribution in [0.2, 0.25) is 0 Å². The normalized spacial score (nSPS) is 16.1. The number of amides is 1. The number of aromatic nitrogens is 3. The van der Waals surface area contributed by atoms with E-state index in [0.717, 1.165) is 30.7 Å². The van der Waals surface area contributed by atoms with Gasteiger partial charge in [0.05, 0.1) is 25.0 Å². The highest BCUT2D eigenvalue weighted by Gasteiger charge is 2.22. The van der Waals surface area contributed by atoms with Crippen molar-refractivity contribution in [3.63, 3.8) is 0 Å². The SMILES string of the molecule is C#CCNC(=O)C(C)Sc1nnc(N2CCOCC2)n1CC. The molecule has 0 aliphatic carbocycles. The smallest absolute Gasteiger partial charge is 0.234 e. The molecule has 1 aromatic rings. The molecule has 1 unspecified atom stereocenters. The van der Waals surface area contributed by atoms with Gasteiger partial charge in [0.25, 0.3) is 0 Å². The average molecular weight is 323 g/mol. The van der Waals surface area contributed by atoms with Crippen molar-refractivity contribution in [3.8, 4) is 12.3 Å². The van der Waals surface area contributed by atoms with E-state index in [4.69, 9.17) is 11.2 Å². The third kappa shape index (κ3) is 3.93.